The number of ether oxygens (including phenoxy) is 2. The Morgan fingerprint density at radius 3 is 2.43 bits per heavy atom. The lowest BCUT2D eigenvalue weighted by Gasteiger charge is -2.55. The van der Waals surface area contributed by atoms with Gasteiger partial charge in [-0.1, -0.05) is 0 Å². The maximum absolute atomic E-state index is 15.6. The Labute approximate surface area is 199 Å². The third-order valence-corrected chi connectivity index (χ3v) is 7.27. The van der Waals surface area contributed by atoms with E-state index in [0.29, 0.717) is 26.1 Å². The minimum atomic E-state index is -1.85. The number of fused-ring (bicyclic) bond motifs is 4. The van der Waals surface area contributed by atoms with Gasteiger partial charge in [0.1, 0.15) is 0 Å². The normalized spacial score (nSPS) is 28.2. The van der Waals surface area contributed by atoms with Gasteiger partial charge >= 0.3 is 6.03 Å². The number of nitrogens with one attached hydrogen (secondary N) is 3. The van der Waals surface area contributed by atoms with Crippen LogP contribution in [0.5, 0.6) is 0 Å². The number of urea groups is 1. The number of amides is 5. The summed E-state index contributed by atoms with van der Waals surface area (Å²) in [4.78, 5) is 52.5. The van der Waals surface area contributed by atoms with Crippen molar-refractivity contribution < 1.29 is 37.4 Å². The average Bonchev–Trinajstić information content (AvgIpc) is 2.79. The van der Waals surface area contributed by atoms with E-state index < -0.39 is 64.6 Å². The van der Waals surface area contributed by atoms with Gasteiger partial charge in [-0.25, -0.2) is 13.6 Å². The van der Waals surface area contributed by atoms with Gasteiger partial charge in [0.15, 0.2) is 17.0 Å². The fourth-order valence-electron chi connectivity index (χ4n) is 5.81. The zero-order valence-electron chi connectivity index (χ0n) is 19.3. The number of hydrogen-bond donors (Lipinski definition) is 3. The molecule has 0 aromatic heterocycles. The number of rotatable bonds is 2. The van der Waals surface area contributed by atoms with E-state index in [9.17, 15) is 19.2 Å². The van der Waals surface area contributed by atoms with Crippen molar-refractivity contribution in [3.05, 3.63) is 28.8 Å². The highest BCUT2D eigenvalue weighted by atomic mass is 19.2. The number of imide groups is 2. The van der Waals surface area contributed by atoms with Gasteiger partial charge in [-0.05, 0) is 38.3 Å². The number of barbiturate groups is 1. The Hall–Kier alpha value is -3.12. The number of nitrogens with zero attached hydrogens (tertiary/aromatic N) is 1. The highest BCUT2D eigenvalue weighted by molar-refractivity contribution is 6.20. The standard InChI is InChI=1S/C23H26F2N4O6/c1-10-9-29-17-12(7-14(15(24)16(17)25)19(30)26-13-3-5-34-6-4-13)8-23(18(29)11(2)35-10)20(31)27-22(33)28-21(23)32/h7,10-11,13,18H,3-6,8-9H2,1-2H3,(H,26,30)(H2,27,28,31,32,33)/t10-,11+,18-/m1/s1. The van der Waals surface area contributed by atoms with Crippen molar-refractivity contribution in [3.8, 4) is 0 Å². The molecule has 0 saturated carbocycles. The fraction of sp³-hybridized carbons (Fsp3) is 0.565. The molecule has 3 atom stereocenters. The van der Waals surface area contributed by atoms with Gasteiger partial charge < -0.3 is 19.7 Å². The summed E-state index contributed by atoms with van der Waals surface area (Å²) in [6, 6.07) is -1.01. The van der Waals surface area contributed by atoms with Gasteiger partial charge in [0.2, 0.25) is 11.8 Å². The molecule has 1 aromatic rings. The van der Waals surface area contributed by atoms with Crippen LogP contribution in [0.25, 0.3) is 0 Å². The van der Waals surface area contributed by atoms with Crippen molar-refractivity contribution in [2.75, 3.05) is 24.7 Å². The molecular formula is C23H26F2N4O6. The van der Waals surface area contributed by atoms with E-state index in [0.717, 1.165) is 0 Å². The molecule has 188 valence electrons. The molecule has 3 fully saturated rings. The molecule has 1 aromatic carbocycles. The number of benzene rings is 1. The Bertz CT molecular complexity index is 1100. The van der Waals surface area contributed by atoms with E-state index in [1.807, 2.05) is 0 Å². The summed E-state index contributed by atoms with van der Waals surface area (Å²) < 4.78 is 42.0. The van der Waals surface area contributed by atoms with Crippen molar-refractivity contribution in [1.82, 2.24) is 16.0 Å². The van der Waals surface area contributed by atoms with Crippen LogP contribution in [0.15, 0.2) is 6.07 Å². The molecule has 10 nitrogen and oxygen atoms in total. The number of morpholine rings is 1. The second-order valence-electron chi connectivity index (χ2n) is 9.55. The van der Waals surface area contributed by atoms with Crippen molar-refractivity contribution in [2.45, 2.75) is 57.4 Å². The summed E-state index contributed by atoms with van der Waals surface area (Å²) in [7, 11) is 0. The molecule has 3 N–H and O–H groups in total. The average molecular weight is 492 g/mol. The quantitative estimate of drug-likeness (QED) is 0.521. The van der Waals surface area contributed by atoms with Crippen LogP contribution in [0, 0.1) is 17.0 Å². The molecule has 4 aliphatic heterocycles. The monoisotopic (exact) mass is 492 g/mol. The molecule has 0 unspecified atom stereocenters. The van der Waals surface area contributed by atoms with E-state index in [1.165, 1.54) is 11.0 Å². The van der Waals surface area contributed by atoms with Crippen LogP contribution >= 0.6 is 0 Å². The predicted molar refractivity (Wildman–Crippen MR) is 117 cm³/mol. The molecule has 4 aliphatic rings. The SMILES string of the molecule is C[C@@H]1CN2c3c(cc(C(=O)NC4CCOCC4)c(F)c3F)CC3(C(=O)NC(=O)NC3=O)[C@H]2[C@H](C)O1. The maximum atomic E-state index is 15.6. The lowest BCUT2D eigenvalue weighted by Crippen LogP contribution is -2.75. The smallest absolute Gasteiger partial charge is 0.328 e. The van der Waals surface area contributed by atoms with Gasteiger partial charge in [-0.3, -0.25) is 25.0 Å². The summed E-state index contributed by atoms with van der Waals surface area (Å²) in [5, 5.41) is 6.98. The van der Waals surface area contributed by atoms with Gasteiger partial charge in [-0.2, -0.15) is 0 Å². The van der Waals surface area contributed by atoms with Crippen molar-refractivity contribution in [1.29, 1.82) is 0 Å². The molecule has 12 heteroatoms. The Morgan fingerprint density at radius 1 is 1.11 bits per heavy atom. The second kappa shape index (κ2) is 8.52. The van der Waals surface area contributed by atoms with E-state index in [2.05, 4.69) is 16.0 Å². The predicted octanol–water partition coefficient (Wildman–Crippen LogP) is 0.764. The number of carbonyl (C=O) groups is 4. The fourth-order valence-corrected chi connectivity index (χ4v) is 5.81. The van der Waals surface area contributed by atoms with Crippen LogP contribution in [-0.2, 0) is 25.5 Å². The van der Waals surface area contributed by atoms with E-state index in [1.54, 1.807) is 13.8 Å². The Kier molecular flexibility index (Phi) is 5.75. The van der Waals surface area contributed by atoms with Crippen LogP contribution in [0.1, 0.15) is 42.6 Å². The topological polar surface area (TPSA) is 126 Å². The summed E-state index contributed by atoms with van der Waals surface area (Å²) in [6.07, 6.45) is -0.395. The summed E-state index contributed by atoms with van der Waals surface area (Å²) in [6.45, 7) is 4.35. The van der Waals surface area contributed by atoms with Crippen molar-refractivity contribution in [3.63, 3.8) is 0 Å². The molecule has 0 radical (unpaired) electrons. The molecule has 5 amide bonds. The highest BCUT2D eigenvalue weighted by Crippen LogP contribution is 2.48. The first-order chi connectivity index (χ1) is 16.6. The van der Waals surface area contributed by atoms with Gasteiger partial charge in [-0.15, -0.1) is 0 Å². The minimum absolute atomic E-state index is 0.0717. The highest BCUT2D eigenvalue weighted by Gasteiger charge is 2.63. The van der Waals surface area contributed by atoms with Crippen LogP contribution in [-0.4, -0.2) is 67.8 Å². The van der Waals surface area contributed by atoms with E-state index in [-0.39, 0.29) is 30.3 Å². The van der Waals surface area contributed by atoms with Gasteiger partial charge in [0.05, 0.1) is 29.5 Å². The molecular weight excluding hydrogens is 466 g/mol. The lowest BCUT2D eigenvalue weighted by molar-refractivity contribution is -0.153. The summed E-state index contributed by atoms with van der Waals surface area (Å²) in [5.74, 6) is -5.02. The lowest BCUT2D eigenvalue weighted by atomic mass is 9.66. The largest absolute Gasteiger partial charge is 0.381 e. The molecule has 4 heterocycles. The molecule has 3 saturated heterocycles. The zero-order chi connectivity index (χ0) is 25.1. The molecule has 0 bridgehead atoms. The Morgan fingerprint density at radius 2 is 1.77 bits per heavy atom. The summed E-state index contributed by atoms with van der Waals surface area (Å²) >= 11 is 0. The number of anilines is 1. The van der Waals surface area contributed by atoms with Crippen LogP contribution < -0.4 is 20.9 Å². The summed E-state index contributed by atoms with van der Waals surface area (Å²) in [5.41, 5.74) is -2.35. The van der Waals surface area contributed by atoms with Gasteiger partial charge in [0, 0.05) is 32.2 Å². The van der Waals surface area contributed by atoms with E-state index >= 15 is 8.78 Å². The molecule has 35 heavy (non-hydrogen) atoms. The third-order valence-electron chi connectivity index (χ3n) is 7.27. The minimum Gasteiger partial charge on any atom is -0.381 e. The second-order valence-corrected chi connectivity index (χ2v) is 9.55. The first-order valence-corrected chi connectivity index (χ1v) is 11.6. The van der Waals surface area contributed by atoms with Crippen LogP contribution in [0.2, 0.25) is 0 Å². The first-order valence-electron chi connectivity index (χ1n) is 11.6. The van der Waals surface area contributed by atoms with Crippen LogP contribution in [0.4, 0.5) is 19.3 Å². The molecule has 0 aliphatic carbocycles. The van der Waals surface area contributed by atoms with Crippen molar-refractivity contribution in [2.24, 2.45) is 5.41 Å². The first kappa shape index (κ1) is 23.6. The van der Waals surface area contributed by atoms with Crippen LogP contribution in [0.3, 0.4) is 0 Å². The number of halogens is 2. The molecule has 1 spiro atoms. The number of carbonyl (C=O) groups excluding carboxylic acids is 4. The molecule has 5 rings (SSSR count). The zero-order valence-corrected chi connectivity index (χ0v) is 19.3. The van der Waals surface area contributed by atoms with Gasteiger partial charge in [0.25, 0.3) is 5.91 Å². The number of hydrogen-bond acceptors (Lipinski definition) is 7. The maximum Gasteiger partial charge on any atom is 0.328 e. The Balaban J connectivity index is 1.61. The van der Waals surface area contributed by atoms with E-state index in [4.69, 9.17) is 9.47 Å². The van der Waals surface area contributed by atoms with Crippen molar-refractivity contribution >= 4 is 29.4 Å². The third kappa shape index (κ3) is 3.66.